The van der Waals surface area contributed by atoms with Crippen LogP contribution in [0.2, 0.25) is 10.3 Å². The van der Waals surface area contributed by atoms with Crippen LogP contribution in [0.4, 0.5) is 0 Å². The minimum atomic E-state index is -2.49. The van der Waals surface area contributed by atoms with E-state index in [0.29, 0.717) is 0 Å². The summed E-state index contributed by atoms with van der Waals surface area (Å²) in [5.74, 6) is -0.654. The zero-order valence-electron chi connectivity index (χ0n) is 8.03. The van der Waals surface area contributed by atoms with Crippen LogP contribution in [0, 0.1) is 0 Å². The van der Waals surface area contributed by atoms with Crippen LogP contribution < -0.4 is 0 Å². The van der Waals surface area contributed by atoms with Crippen LogP contribution in [-0.2, 0) is 9.73 Å². The normalized spacial score (nSPS) is 11.2. The van der Waals surface area contributed by atoms with Gasteiger partial charge in [-0.3, -0.25) is 4.79 Å². The van der Waals surface area contributed by atoms with E-state index in [0.717, 1.165) is 0 Å². The summed E-state index contributed by atoms with van der Waals surface area (Å²) in [5.41, 5.74) is 0.0949. The van der Waals surface area contributed by atoms with Gasteiger partial charge in [-0.1, -0.05) is 23.2 Å². The Morgan fingerprint density at radius 2 is 2.00 bits per heavy atom. The number of hydrogen-bond donors (Lipinski definition) is 0. The molecule has 0 aromatic carbocycles. The topological polar surface area (TPSA) is 59.4 Å². The average molecular weight is 267 g/mol. The summed E-state index contributed by atoms with van der Waals surface area (Å²) < 4.78 is 14.8. The molecular formula is C8H8Cl2N2O2S. The molecule has 0 spiro atoms. The Labute approximate surface area is 97.8 Å². The van der Waals surface area contributed by atoms with E-state index in [4.69, 9.17) is 23.2 Å². The Hall–Kier alpha value is -0.650. The van der Waals surface area contributed by atoms with E-state index in [2.05, 4.69) is 9.35 Å². The molecule has 1 rings (SSSR count). The first-order chi connectivity index (χ1) is 6.79. The Bertz CT molecular complexity index is 513. The van der Waals surface area contributed by atoms with Gasteiger partial charge in [-0.15, -0.1) is 0 Å². The molecule has 15 heavy (non-hydrogen) atoms. The maximum atomic E-state index is 11.5. The zero-order chi connectivity index (χ0) is 11.6. The number of carbonyl (C=O) groups is 1. The van der Waals surface area contributed by atoms with Crippen molar-refractivity contribution in [1.29, 1.82) is 0 Å². The molecule has 0 saturated carbocycles. The third kappa shape index (κ3) is 3.77. The van der Waals surface area contributed by atoms with Crippen LogP contribution >= 0.6 is 23.2 Å². The molecule has 0 unspecified atom stereocenters. The van der Waals surface area contributed by atoms with Crippen LogP contribution in [-0.4, -0.2) is 27.6 Å². The predicted octanol–water partition coefficient (Wildman–Crippen LogP) is 2.26. The molecule has 0 fully saturated rings. The molecule has 0 aliphatic carbocycles. The lowest BCUT2D eigenvalue weighted by atomic mass is 10.3. The number of amides is 1. The molecular weight excluding hydrogens is 259 g/mol. The van der Waals surface area contributed by atoms with Crippen molar-refractivity contribution in [2.24, 2.45) is 4.36 Å². The third-order valence-electron chi connectivity index (χ3n) is 1.35. The van der Waals surface area contributed by atoms with Crippen LogP contribution in [0.15, 0.2) is 16.5 Å². The van der Waals surface area contributed by atoms with E-state index >= 15 is 0 Å². The standard InChI is InChI=1S/C8H8Cl2N2O2S/c1-15(2,14)12-8(13)5-3-4-6(9)11-7(5)10/h3-4H,1-2H3. The first-order valence-electron chi connectivity index (χ1n) is 3.83. The molecule has 1 heterocycles. The molecule has 0 saturated heterocycles. The molecule has 7 heteroatoms. The lowest BCUT2D eigenvalue weighted by molar-refractivity contribution is 0.100. The SMILES string of the molecule is CS(C)(=O)=NC(=O)c1ccc(Cl)nc1Cl. The average Bonchev–Trinajstić information content (AvgIpc) is 1.99. The fraction of sp³-hybridized carbons (Fsp3) is 0.250. The Kier molecular flexibility index (Phi) is 3.70. The number of hydrogen-bond acceptors (Lipinski definition) is 3. The van der Waals surface area contributed by atoms with Crippen LogP contribution in [0.3, 0.4) is 0 Å². The first kappa shape index (κ1) is 12.4. The largest absolute Gasteiger partial charge is 0.288 e. The Morgan fingerprint density at radius 1 is 1.40 bits per heavy atom. The second-order valence-corrected chi connectivity index (χ2v) is 6.34. The van der Waals surface area contributed by atoms with E-state index < -0.39 is 15.6 Å². The number of halogens is 2. The fourth-order valence-electron chi connectivity index (χ4n) is 0.821. The molecule has 0 bridgehead atoms. The summed E-state index contributed by atoms with van der Waals surface area (Å²) in [6.45, 7) is 0. The van der Waals surface area contributed by atoms with Gasteiger partial charge in [-0.05, 0) is 12.1 Å². The van der Waals surface area contributed by atoms with Crippen molar-refractivity contribution in [3.63, 3.8) is 0 Å². The van der Waals surface area contributed by atoms with Crippen molar-refractivity contribution in [3.8, 4) is 0 Å². The highest BCUT2D eigenvalue weighted by atomic mass is 35.5. The number of pyridine rings is 1. The Balaban J connectivity index is 3.20. The van der Waals surface area contributed by atoms with Gasteiger partial charge < -0.3 is 0 Å². The lowest BCUT2D eigenvalue weighted by Crippen LogP contribution is -2.02. The number of rotatable bonds is 1. The van der Waals surface area contributed by atoms with Gasteiger partial charge in [0.1, 0.15) is 10.3 Å². The van der Waals surface area contributed by atoms with Crippen molar-refractivity contribution in [3.05, 3.63) is 28.0 Å². The highest BCUT2D eigenvalue weighted by molar-refractivity contribution is 7.92. The van der Waals surface area contributed by atoms with Gasteiger partial charge >= 0.3 is 0 Å². The first-order valence-corrected chi connectivity index (χ1v) is 6.92. The minimum absolute atomic E-state index is 0.0418. The van der Waals surface area contributed by atoms with E-state index in [1.807, 2.05) is 0 Å². The van der Waals surface area contributed by atoms with Crippen molar-refractivity contribution < 1.29 is 9.00 Å². The van der Waals surface area contributed by atoms with E-state index in [-0.39, 0.29) is 15.9 Å². The highest BCUT2D eigenvalue weighted by Gasteiger charge is 2.12. The van der Waals surface area contributed by atoms with E-state index in [1.165, 1.54) is 24.6 Å². The molecule has 1 aromatic heterocycles. The molecule has 1 amide bonds. The molecule has 1 aromatic rings. The van der Waals surface area contributed by atoms with Gasteiger partial charge in [-0.2, -0.15) is 4.36 Å². The summed E-state index contributed by atoms with van der Waals surface area (Å²) in [6.07, 6.45) is 2.73. The van der Waals surface area contributed by atoms with Gasteiger partial charge in [0.05, 0.1) is 5.56 Å². The molecule has 4 nitrogen and oxygen atoms in total. The molecule has 0 N–H and O–H groups in total. The van der Waals surface area contributed by atoms with Crippen molar-refractivity contribution in [1.82, 2.24) is 4.98 Å². The molecule has 82 valence electrons. The van der Waals surface area contributed by atoms with Gasteiger partial charge in [0.25, 0.3) is 5.91 Å². The lowest BCUT2D eigenvalue weighted by Gasteiger charge is -1.99. The van der Waals surface area contributed by atoms with Crippen molar-refractivity contribution in [2.75, 3.05) is 12.5 Å². The second-order valence-electron chi connectivity index (χ2n) is 3.05. The van der Waals surface area contributed by atoms with Crippen LogP contribution in [0.5, 0.6) is 0 Å². The predicted molar refractivity (Wildman–Crippen MR) is 61.0 cm³/mol. The van der Waals surface area contributed by atoms with E-state index in [1.54, 1.807) is 0 Å². The molecule has 0 atom stereocenters. The maximum absolute atomic E-state index is 11.5. The Morgan fingerprint density at radius 3 is 2.47 bits per heavy atom. The van der Waals surface area contributed by atoms with Gasteiger partial charge in [0, 0.05) is 22.2 Å². The number of carbonyl (C=O) groups excluding carboxylic acids is 1. The quantitative estimate of drug-likeness (QED) is 0.733. The van der Waals surface area contributed by atoms with Crippen molar-refractivity contribution >= 4 is 38.8 Å². The van der Waals surface area contributed by atoms with Crippen LogP contribution in [0.1, 0.15) is 10.4 Å². The van der Waals surface area contributed by atoms with E-state index in [9.17, 15) is 9.00 Å². The summed E-state index contributed by atoms with van der Waals surface area (Å²) in [4.78, 5) is 15.2. The van der Waals surface area contributed by atoms with Gasteiger partial charge in [-0.25, -0.2) is 9.19 Å². The van der Waals surface area contributed by atoms with Crippen LogP contribution in [0.25, 0.3) is 0 Å². The minimum Gasteiger partial charge on any atom is -0.266 e. The number of aromatic nitrogens is 1. The second kappa shape index (κ2) is 4.47. The summed E-state index contributed by atoms with van der Waals surface area (Å²) in [5, 5.41) is 0.144. The van der Waals surface area contributed by atoms with Gasteiger partial charge in [0.2, 0.25) is 0 Å². The monoisotopic (exact) mass is 266 g/mol. The fourth-order valence-corrected chi connectivity index (χ4v) is 1.74. The third-order valence-corrected chi connectivity index (χ3v) is 2.45. The highest BCUT2D eigenvalue weighted by Crippen LogP contribution is 2.17. The summed E-state index contributed by atoms with van der Waals surface area (Å²) in [6, 6.07) is 2.82. The molecule has 0 aliphatic heterocycles. The summed E-state index contributed by atoms with van der Waals surface area (Å²) in [7, 11) is -2.49. The van der Waals surface area contributed by atoms with Gasteiger partial charge in [0.15, 0.2) is 0 Å². The smallest absolute Gasteiger partial charge is 0.266 e. The van der Waals surface area contributed by atoms with Crippen molar-refractivity contribution in [2.45, 2.75) is 0 Å². The molecule has 0 aliphatic rings. The maximum Gasteiger partial charge on any atom is 0.288 e. The zero-order valence-corrected chi connectivity index (χ0v) is 10.4. The number of nitrogens with zero attached hydrogens (tertiary/aromatic N) is 2. The summed E-state index contributed by atoms with van der Waals surface area (Å²) >= 11 is 11.2. The molecule has 0 radical (unpaired) electrons.